The van der Waals surface area contributed by atoms with Gasteiger partial charge in [-0.25, -0.2) is 0 Å². The van der Waals surface area contributed by atoms with Crippen LogP contribution in [0.2, 0.25) is 0 Å². The topological polar surface area (TPSA) is 45.1 Å². The summed E-state index contributed by atoms with van der Waals surface area (Å²) < 4.78 is 5.01. The van der Waals surface area contributed by atoms with Crippen molar-refractivity contribution in [3.8, 4) is 0 Å². The van der Waals surface area contributed by atoms with E-state index >= 15 is 0 Å². The summed E-state index contributed by atoms with van der Waals surface area (Å²) in [6.45, 7) is 4.19. The second-order valence-electron chi connectivity index (χ2n) is 3.79. The highest BCUT2D eigenvalue weighted by Crippen LogP contribution is 2.15. The lowest BCUT2D eigenvalue weighted by atomic mass is 9.98. The Morgan fingerprint density at radius 3 is 2.79 bits per heavy atom. The van der Waals surface area contributed by atoms with Crippen LogP contribution in [0.25, 0.3) is 0 Å². The predicted octanol–water partition coefficient (Wildman–Crippen LogP) is 1.19. The van der Waals surface area contributed by atoms with E-state index in [-0.39, 0.29) is 0 Å². The van der Waals surface area contributed by atoms with Gasteiger partial charge in [0.05, 0.1) is 0 Å². The van der Waals surface area contributed by atoms with Gasteiger partial charge in [0.1, 0.15) is 0 Å². The molecule has 0 aromatic carbocycles. The van der Waals surface area contributed by atoms with Crippen LogP contribution in [0.5, 0.6) is 0 Å². The first-order chi connectivity index (χ1) is 6.86. The number of ether oxygens (including phenoxy) is 1. The fraction of sp³-hybridized carbons (Fsp3) is 0.900. The molecule has 1 aliphatic rings. The minimum absolute atomic E-state index is 0.471. The van der Waals surface area contributed by atoms with Crippen molar-refractivity contribution >= 4 is 6.21 Å². The average molecular weight is 200 g/mol. The van der Waals surface area contributed by atoms with Crippen LogP contribution in [-0.4, -0.2) is 49.7 Å². The fourth-order valence-electron chi connectivity index (χ4n) is 1.85. The van der Waals surface area contributed by atoms with E-state index in [0.717, 1.165) is 45.5 Å². The molecule has 0 saturated carbocycles. The Morgan fingerprint density at radius 2 is 2.21 bits per heavy atom. The Hall–Kier alpha value is -0.610. The molecule has 0 aromatic rings. The third-order valence-corrected chi connectivity index (χ3v) is 2.73. The average Bonchev–Trinajstić information content (AvgIpc) is 2.21. The molecule has 14 heavy (non-hydrogen) atoms. The number of rotatable bonds is 5. The number of nitrogens with zero attached hydrogens (tertiary/aromatic N) is 2. The van der Waals surface area contributed by atoms with Crippen molar-refractivity contribution in [1.82, 2.24) is 4.90 Å². The van der Waals surface area contributed by atoms with Crippen molar-refractivity contribution in [2.24, 2.45) is 11.1 Å². The molecule has 0 radical (unpaired) electrons. The van der Waals surface area contributed by atoms with Gasteiger partial charge in [0.15, 0.2) is 0 Å². The van der Waals surface area contributed by atoms with Gasteiger partial charge in [-0.05, 0) is 38.3 Å². The molecule has 0 atom stereocenters. The molecule has 82 valence electrons. The summed E-state index contributed by atoms with van der Waals surface area (Å²) in [5.41, 5.74) is 0. The van der Waals surface area contributed by atoms with E-state index < -0.39 is 0 Å². The maximum absolute atomic E-state index is 8.40. The van der Waals surface area contributed by atoms with Crippen molar-refractivity contribution in [3.05, 3.63) is 0 Å². The largest absolute Gasteiger partial charge is 0.411 e. The number of likely N-dealkylation sites (tertiary alicyclic amines) is 1. The summed E-state index contributed by atoms with van der Waals surface area (Å²) in [6.07, 6.45) is 4.98. The highest BCUT2D eigenvalue weighted by molar-refractivity contribution is 5.59. The number of methoxy groups -OCH3 is 1. The van der Waals surface area contributed by atoms with E-state index in [1.807, 2.05) is 0 Å². The molecule has 4 nitrogen and oxygen atoms in total. The second-order valence-corrected chi connectivity index (χ2v) is 3.79. The zero-order chi connectivity index (χ0) is 10.2. The highest BCUT2D eigenvalue weighted by Gasteiger charge is 2.16. The molecule has 0 aromatic heterocycles. The van der Waals surface area contributed by atoms with E-state index in [1.165, 1.54) is 0 Å². The van der Waals surface area contributed by atoms with Crippen LogP contribution in [0, 0.1) is 5.92 Å². The van der Waals surface area contributed by atoms with Crippen molar-refractivity contribution in [3.63, 3.8) is 0 Å². The molecule has 0 bridgehead atoms. The molecule has 0 aliphatic carbocycles. The Kier molecular flexibility index (Phi) is 5.56. The van der Waals surface area contributed by atoms with E-state index in [0.29, 0.717) is 5.92 Å². The van der Waals surface area contributed by atoms with Gasteiger partial charge in [-0.1, -0.05) is 0 Å². The summed E-state index contributed by atoms with van der Waals surface area (Å²) in [6, 6.07) is 0. The van der Waals surface area contributed by atoms with Gasteiger partial charge < -0.3 is 14.8 Å². The van der Waals surface area contributed by atoms with E-state index in [4.69, 9.17) is 9.94 Å². The first kappa shape index (κ1) is 11.5. The second kappa shape index (κ2) is 6.79. The SMILES string of the molecule is COCCCN1CCC(C=NO)CC1. The number of piperidine rings is 1. The van der Waals surface area contributed by atoms with Gasteiger partial charge in [0.2, 0.25) is 0 Å². The van der Waals surface area contributed by atoms with Gasteiger partial charge >= 0.3 is 0 Å². The summed E-state index contributed by atoms with van der Waals surface area (Å²) in [5, 5.41) is 11.5. The molecule has 0 spiro atoms. The maximum Gasteiger partial charge on any atom is 0.0474 e. The smallest absolute Gasteiger partial charge is 0.0474 e. The molecule has 1 saturated heterocycles. The van der Waals surface area contributed by atoms with Crippen molar-refractivity contribution in [1.29, 1.82) is 0 Å². The van der Waals surface area contributed by atoms with Crippen LogP contribution in [0.4, 0.5) is 0 Å². The standard InChI is InChI=1S/C10H20N2O2/c1-14-8-2-5-12-6-3-10(4-7-12)9-11-13/h9-10,13H,2-8H2,1H3. The number of hydrogen-bond acceptors (Lipinski definition) is 4. The molecule has 1 aliphatic heterocycles. The molecular formula is C10H20N2O2. The molecule has 1 heterocycles. The molecule has 0 unspecified atom stereocenters. The van der Waals surface area contributed by atoms with Gasteiger partial charge in [0.25, 0.3) is 0 Å². The lowest BCUT2D eigenvalue weighted by Gasteiger charge is -2.29. The summed E-state index contributed by atoms with van der Waals surface area (Å²) in [7, 11) is 1.74. The predicted molar refractivity (Wildman–Crippen MR) is 55.9 cm³/mol. The lowest BCUT2D eigenvalue weighted by Crippen LogP contribution is -2.35. The van der Waals surface area contributed by atoms with Crippen LogP contribution in [0.1, 0.15) is 19.3 Å². The molecule has 1 N–H and O–H groups in total. The number of hydrogen-bond donors (Lipinski definition) is 1. The Balaban J connectivity index is 2.09. The Labute approximate surface area is 85.5 Å². The summed E-state index contributed by atoms with van der Waals surface area (Å²) in [4.78, 5) is 2.45. The zero-order valence-corrected chi connectivity index (χ0v) is 8.85. The van der Waals surface area contributed by atoms with E-state index in [9.17, 15) is 0 Å². The number of oxime groups is 1. The molecule has 1 fully saturated rings. The maximum atomic E-state index is 8.40. The summed E-state index contributed by atoms with van der Waals surface area (Å²) >= 11 is 0. The van der Waals surface area contributed by atoms with Gasteiger partial charge in [0, 0.05) is 26.5 Å². The van der Waals surface area contributed by atoms with Crippen LogP contribution >= 0.6 is 0 Å². The van der Waals surface area contributed by atoms with Gasteiger partial charge in [-0.2, -0.15) is 0 Å². The van der Waals surface area contributed by atoms with Crippen molar-refractivity contribution in [2.75, 3.05) is 33.4 Å². The monoisotopic (exact) mass is 200 g/mol. The normalized spacial score (nSPS) is 20.6. The third kappa shape index (κ3) is 4.07. The first-order valence-corrected chi connectivity index (χ1v) is 5.25. The fourth-order valence-corrected chi connectivity index (χ4v) is 1.85. The van der Waals surface area contributed by atoms with Gasteiger partial charge in [-0.15, -0.1) is 5.16 Å². The van der Waals surface area contributed by atoms with Crippen molar-refractivity contribution in [2.45, 2.75) is 19.3 Å². The van der Waals surface area contributed by atoms with Crippen LogP contribution < -0.4 is 0 Å². The highest BCUT2D eigenvalue weighted by atomic mass is 16.5. The Bertz CT molecular complexity index is 166. The molecule has 4 heteroatoms. The van der Waals surface area contributed by atoms with Crippen LogP contribution in [0.3, 0.4) is 0 Å². The minimum Gasteiger partial charge on any atom is -0.411 e. The molecule has 1 rings (SSSR count). The van der Waals surface area contributed by atoms with Crippen LogP contribution in [-0.2, 0) is 4.74 Å². The Morgan fingerprint density at radius 1 is 1.50 bits per heavy atom. The first-order valence-electron chi connectivity index (χ1n) is 5.25. The van der Waals surface area contributed by atoms with E-state index in [1.54, 1.807) is 13.3 Å². The zero-order valence-electron chi connectivity index (χ0n) is 8.85. The van der Waals surface area contributed by atoms with Crippen LogP contribution in [0.15, 0.2) is 5.16 Å². The summed E-state index contributed by atoms with van der Waals surface area (Å²) in [5.74, 6) is 0.471. The minimum atomic E-state index is 0.471. The molecular weight excluding hydrogens is 180 g/mol. The van der Waals surface area contributed by atoms with Crippen molar-refractivity contribution < 1.29 is 9.94 Å². The quantitative estimate of drug-likeness (QED) is 0.314. The van der Waals surface area contributed by atoms with E-state index in [2.05, 4.69) is 10.1 Å². The third-order valence-electron chi connectivity index (χ3n) is 2.73. The molecule has 0 amide bonds. The van der Waals surface area contributed by atoms with Gasteiger partial charge in [-0.3, -0.25) is 0 Å². The lowest BCUT2D eigenvalue weighted by molar-refractivity contribution is 0.156.